The van der Waals surface area contributed by atoms with Crippen LogP contribution in [0.1, 0.15) is 29.5 Å². The molecule has 3 rings (SSSR count). The van der Waals surface area contributed by atoms with Gasteiger partial charge < -0.3 is 14.8 Å². The number of carbonyl (C=O) groups is 2. The lowest BCUT2D eigenvalue weighted by Crippen LogP contribution is -2.49. The van der Waals surface area contributed by atoms with Crippen LogP contribution in [0.15, 0.2) is 54.6 Å². The van der Waals surface area contributed by atoms with Crippen molar-refractivity contribution in [1.82, 2.24) is 5.32 Å². The molecule has 2 aromatic carbocycles. The summed E-state index contributed by atoms with van der Waals surface area (Å²) in [6.07, 6.45) is 1.78. The Bertz CT molecular complexity index is 811. The summed E-state index contributed by atoms with van der Waals surface area (Å²) in [5, 5.41) is 3.04. The van der Waals surface area contributed by atoms with E-state index in [1.807, 2.05) is 61.5 Å². The minimum Gasteiger partial charge on any atom is -0.469 e. The van der Waals surface area contributed by atoms with E-state index >= 15 is 0 Å². The van der Waals surface area contributed by atoms with Gasteiger partial charge in [-0.25, -0.2) is 0 Å². The summed E-state index contributed by atoms with van der Waals surface area (Å²) in [4.78, 5) is 25.6. The third-order valence-electron chi connectivity index (χ3n) is 5.75. The molecule has 1 fully saturated rings. The maximum Gasteiger partial charge on any atom is 0.310 e. The van der Waals surface area contributed by atoms with Crippen molar-refractivity contribution in [2.24, 2.45) is 5.92 Å². The van der Waals surface area contributed by atoms with E-state index in [-0.39, 0.29) is 18.4 Å². The Morgan fingerprint density at radius 2 is 1.72 bits per heavy atom. The highest BCUT2D eigenvalue weighted by Gasteiger charge is 2.41. The van der Waals surface area contributed by atoms with E-state index < -0.39 is 11.3 Å². The van der Waals surface area contributed by atoms with Crippen LogP contribution in [0.2, 0.25) is 0 Å². The van der Waals surface area contributed by atoms with Crippen molar-refractivity contribution in [3.63, 3.8) is 0 Å². The van der Waals surface area contributed by atoms with Crippen LogP contribution in [-0.2, 0) is 30.9 Å². The highest BCUT2D eigenvalue weighted by molar-refractivity contribution is 5.88. The predicted octanol–water partition coefficient (Wildman–Crippen LogP) is 3.19. The normalized spacial score (nSPS) is 16.6. The smallest absolute Gasteiger partial charge is 0.310 e. The van der Waals surface area contributed by atoms with Crippen molar-refractivity contribution in [3.8, 4) is 0 Å². The quantitative estimate of drug-likeness (QED) is 0.732. The Morgan fingerprint density at radius 1 is 1.07 bits per heavy atom. The zero-order valence-corrected chi connectivity index (χ0v) is 17.1. The number of rotatable bonds is 7. The van der Waals surface area contributed by atoms with Gasteiger partial charge in [0.2, 0.25) is 5.91 Å². The number of aryl methyl sites for hydroxylation is 1. The minimum absolute atomic E-state index is 0.0511. The molecule has 2 aromatic rings. The predicted molar refractivity (Wildman–Crippen MR) is 112 cm³/mol. The van der Waals surface area contributed by atoms with Gasteiger partial charge in [-0.1, -0.05) is 60.2 Å². The van der Waals surface area contributed by atoms with E-state index in [0.717, 1.165) is 11.1 Å². The van der Waals surface area contributed by atoms with Gasteiger partial charge in [0, 0.05) is 19.8 Å². The number of carbonyl (C=O) groups excluding carboxylic acids is 2. The van der Waals surface area contributed by atoms with Gasteiger partial charge in [-0.15, -0.1) is 0 Å². The van der Waals surface area contributed by atoms with Gasteiger partial charge in [0.1, 0.15) is 0 Å². The van der Waals surface area contributed by atoms with Gasteiger partial charge in [0.25, 0.3) is 0 Å². The molecule has 1 unspecified atom stereocenters. The molecular weight excluding hydrogens is 366 g/mol. The Labute approximate surface area is 172 Å². The van der Waals surface area contributed by atoms with Crippen molar-refractivity contribution in [1.29, 1.82) is 0 Å². The maximum atomic E-state index is 13.3. The first kappa shape index (κ1) is 21.1. The molecule has 1 heterocycles. The lowest BCUT2D eigenvalue weighted by atomic mass is 9.73. The molecule has 1 aliphatic heterocycles. The fourth-order valence-electron chi connectivity index (χ4n) is 3.92. The molecule has 0 radical (unpaired) electrons. The molecule has 1 saturated heterocycles. The van der Waals surface area contributed by atoms with Crippen LogP contribution in [0, 0.1) is 12.8 Å². The second kappa shape index (κ2) is 9.70. The van der Waals surface area contributed by atoms with Gasteiger partial charge in [0.05, 0.1) is 18.4 Å². The number of nitrogens with one attached hydrogen (secondary N) is 1. The fraction of sp³-hybridized carbons (Fsp3) is 0.417. The topological polar surface area (TPSA) is 64.6 Å². The van der Waals surface area contributed by atoms with Crippen LogP contribution in [-0.4, -0.2) is 38.7 Å². The zero-order valence-electron chi connectivity index (χ0n) is 17.1. The van der Waals surface area contributed by atoms with Crippen LogP contribution < -0.4 is 5.32 Å². The zero-order chi connectivity index (χ0) is 20.7. The molecule has 1 amide bonds. The number of benzene rings is 2. The number of hydrogen-bond donors (Lipinski definition) is 1. The lowest BCUT2D eigenvalue weighted by Gasteiger charge is -2.36. The van der Waals surface area contributed by atoms with Crippen LogP contribution in [0.25, 0.3) is 0 Å². The van der Waals surface area contributed by atoms with Gasteiger partial charge in [-0.3, -0.25) is 9.59 Å². The largest absolute Gasteiger partial charge is 0.469 e. The van der Waals surface area contributed by atoms with Crippen molar-refractivity contribution >= 4 is 11.9 Å². The van der Waals surface area contributed by atoms with E-state index in [4.69, 9.17) is 9.47 Å². The fourth-order valence-corrected chi connectivity index (χ4v) is 3.92. The summed E-state index contributed by atoms with van der Waals surface area (Å²) in [7, 11) is 1.39. The highest BCUT2D eigenvalue weighted by atomic mass is 16.5. The summed E-state index contributed by atoms with van der Waals surface area (Å²) in [5.74, 6) is -0.796. The number of methoxy groups -OCH3 is 1. The van der Waals surface area contributed by atoms with Gasteiger partial charge in [0.15, 0.2) is 0 Å². The summed E-state index contributed by atoms with van der Waals surface area (Å²) >= 11 is 0. The molecule has 0 bridgehead atoms. The Morgan fingerprint density at radius 3 is 2.34 bits per heavy atom. The third-order valence-corrected chi connectivity index (χ3v) is 5.75. The molecule has 29 heavy (non-hydrogen) atoms. The molecule has 5 heteroatoms. The van der Waals surface area contributed by atoms with Gasteiger partial charge >= 0.3 is 5.97 Å². The van der Waals surface area contributed by atoms with Gasteiger partial charge in [-0.2, -0.15) is 0 Å². The average Bonchev–Trinajstić information content (AvgIpc) is 2.78. The molecule has 0 spiro atoms. The lowest BCUT2D eigenvalue weighted by molar-refractivity contribution is -0.145. The summed E-state index contributed by atoms with van der Waals surface area (Å²) in [5.41, 5.74) is 2.59. The van der Waals surface area contributed by atoms with Crippen molar-refractivity contribution in [3.05, 3.63) is 71.3 Å². The molecule has 0 aromatic heterocycles. The monoisotopic (exact) mass is 395 g/mol. The molecule has 5 nitrogen and oxygen atoms in total. The summed E-state index contributed by atoms with van der Waals surface area (Å²) in [6.45, 7) is 3.37. The molecule has 1 aliphatic rings. The van der Waals surface area contributed by atoms with Crippen molar-refractivity contribution < 1.29 is 19.1 Å². The van der Waals surface area contributed by atoms with Crippen molar-refractivity contribution in [2.45, 2.75) is 31.6 Å². The molecule has 154 valence electrons. The minimum atomic E-state index is -0.621. The second-order valence-electron chi connectivity index (χ2n) is 7.68. The van der Waals surface area contributed by atoms with E-state index in [1.165, 1.54) is 12.7 Å². The Kier molecular flexibility index (Phi) is 7.04. The van der Waals surface area contributed by atoms with Crippen LogP contribution in [0.5, 0.6) is 0 Å². The molecule has 1 N–H and O–H groups in total. The first-order chi connectivity index (χ1) is 14.0. The molecule has 0 aliphatic carbocycles. The van der Waals surface area contributed by atoms with Crippen LogP contribution >= 0.6 is 0 Å². The highest BCUT2D eigenvalue weighted by Crippen LogP contribution is 2.35. The molecule has 0 saturated carbocycles. The Balaban J connectivity index is 1.73. The van der Waals surface area contributed by atoms with Crippen LogP contribution in [0.4, 0.5) is 0 Å². The summed E-state index contributed by atoms with van der Waals surface area (Å²) in [6, 6.07) is 17.9. The average molecular weight is 395 g/mol. The van der Waals surface area contributed by atoms with Gasteiger partial charge in [-0.05, 0) is 37.3 Å². The molecule has 1 atom stereocenters. The van der Waals surface area contributed by atoms with E-state index in [1.54, 1.807) is 0 Å². The standard InChI is InChI=1S/C24H29NO4/c1-18-8-10-19(11-9-18)16-20(22(26)28-2)17-25-23(27)24(12-14-29-15-13-24)21-6-4-3-5-7-21/h3-11,20H,12-17H2,1-2H3,(H,25,27). The number of amides is 1. The van der Waals surface area contributed by atoms with E-state index in [0.29, 0.717) is 32.5 Å². The third kappa shape index (κ3) is 5.04. The first-order valence-corrected chi connectivity index (χ1v) is 10.1. The Hall–Kier alpha value is -2.66. The van der Waals surface area contributed by atoms with Crippen LogP contribution in [0.3, 0.4) is 0 Å². The first-order valence-electron chi connectivity index (χ1n) is 10.1. The summed E-state index contributed by atoms with van der Waals surface area (Å²) < 4.78 is 10.5. The maximum absolute atomic E-state index is 13.3. The number of esters is 1. The molecular formula is C24H29NO4. The number of ether oxygens (including phenoxy) is 2. The SMILES string of the molecule is COC(=O)C(CNC(=O)C1(c2ccccc2)CCOCC1)Cc1ccc(C)cc1. The van der Waals surface area contributed by atoms with Crippen molar-refractivity contribution in [2.75, 3.05) is 26.9 Å². The van der Waals surface area contributed by atoms with E-state index in [9.17, 15) is 9.59 Å². The number of hydrogen-bond acceptors (Lipinski definition) is 4. The second-order valence-corrected chi connectivity index (χ2v) is 7.68. The van der Waals surface area contributed by atoms with E-state index in [2.05, 4.69) is 5.32 Å².